The number of esters is 3. The summed E-state index contributed by atoms with van der Waals surface area (Å²) in [5, 5.41) is 0. The molecule has 1 aromatic carbocycles. The van der Waals surface area contributed by atoms with Crippen LogP contribution in [0.4, 0.5) is 5.69 Å². The lowest BCUT2D eigenvalue weighted by Gasteiger charge is -2.52. The lowest BCUT2D eigenvalue weighted by atomic mass is 9.59. The highest BCUT2D eigenvalue weighted by atomic mass is 16.7. The van der Waals surface area contributed by atoms with Crippen molar-refractivity contribution in [3.8, 4) is 0 Å². The van der Waals surface area contributed by atoms with E-state index in [2.05, 4.69) is 12.2 Å². The van der Waals surface area contributed by atoms with Gasteiger partial charge in [-0.25, -0.2) is 9.59 Å². The average molecular weight is 654 g/mol. The van der Waals surface area contributed by atoms with Crippen LogP contribution in [0.3, 0.4) is 0 Å². The zero-order valence-electron chi connectivity index (χ0n) is 27.7. The van der Waals surface area contributed by atoms with Crippen LogP contribution in [-0.2, 0) is 44.6 Å². The molecule has 1 aromatic rings. The summed E-state index contributed by atoms with van der Waals surface area (Å²) in [5.74, 6) is -5.58. The number of rotatable bonds is 12. The largest absolute Gasteiger partial charge is 0.427 e. The standard InChI is InChI=1S/C39H43NO8/c1-3-5-7-8-9-11-15-25-20-31-38(23-32(42)40-19-18-24-14-12-13-16-28(24)40)22-27-33(36(44)46-35(27)43)34-26(25)21-30(29(41)17-10-6-4-2)47-39(31,34)48-37(38)45/h3-6,12-14,16,20,25-26,30,34H,7-11,15,17-19,21-23H2,1-2H3/b5-3+,6-4+/t25-,26+,30-,34+,38+,39+/m1/s1. The molecule has 0 aromatic heterocycles. The Bertz CT molecular complexity index is 1680. The van der Waals surface area contributed by atoms with Crippen LogP contribution in [0.2, 0.25) is 0 Å². The van der Waals surface area contributed by atoms with Gasteiger partial charge in [0.05, 0.1) is 17.1 Å². The van der Waals surface area contributed by atoms with Crippen molar-refractivity contribution in [2.75, 3.05) is 11.4 Å². The number of unbranched alkanes of at least 4 members (excludes halogenated alkanes) is 3. The van der Waals surface area contributed by atoms with Crippen molar-refractivity contribution in [1.82, 2.24) is 0 Å². The van der Waals surface area contributed by atoms with Gasteiger partial charge in [0.2, 0.25) is 11.7 Å². The van der Waals surface area contributed by atoms with Crippen LogP contribution in [0, 0.1) is 23.2 Å². The number of cyclic esters (lactones) is 2. The lowest BCUT2D eigenvalue weighted by Crippen LogP contribution is -2.59. The molecule has 0 radical (unpaired) electrons. The summed E-state index contributed by atoms with van der Waals surface area (Å²) in [7, 11) is 0. The van der Waals surface area contributed by atoms with Crippen LogP contribution in [0.25, 0.3) is 0 Å². The molecule has 2 fully saturated rings. The Kier molecular flexibility index (Phi) is 8.60. The highest BCUT2D eigenvalue weighted by molar-refractivity contribution is 6.14. The maximum atomic E-state index is 14.4. The number of ether oxygens (including phenoxy) is 3. The average Bonchev–Trinajstić information content (AvgIpc) is 3.66. The first kappa shape index (κ1) is 32.4. The van der Waals surface area contributed by atoms with Gasteiger partial charge in [-0.3, -0.25) is 14.4 Å². The zero-order valence-corrected chi connectivity index (χ0v) is 27.7. The maximum Gasteiger partial charge on any atom is 0.343 e. The molecule has 252 valence electrons. The molecule has 6 aliphatic rings. The van der Waals surface area contributed by atoms with E-state index in [9.17, 15) is 24.0 Å². The number of para-hydroxylation sites is 1. The molecule has 4 aliphatic heterocycles. The lowest BCUT2D eigenvalue weighted by molar-refractivity contribution is -0.268. The van der Waals surface area contributed by atoms with Crippen LogP contribution in [-0.4, -0.2) is 48.0 Å². The molecule has 0 N–H and O–H groups in total. The number of hydrogen-bond acceptors (Lipinski definition) is 8. The number of amides is 1. The first-order chi connectivity index (χ1) is 23.2. The Balaban J connectivity index is 1.32. The quantitative estimate of drug-likeness (QED) is 0.116. The molecule has 5 bridgehead atoms. The summed E-state index contributed by atoms with van der Waals surface area (Å²) in [4.78, 5) is 70.9. The van der Waals surface area contributed by atoms with Gasteiger partial charge in [0.25, 0.3) is 0 Å². The summed E-state index contributed by atoms with van der Waals surface area (Å²) >= 11 is 0. The van der Waals surface area contributed by atoms with Gasteiger partial charge < -0.3 is 19.1 Å². The second-order valence-corrected chi connectivity index (χ2v) is 14.0. The molecule has 0 saturated carbocycles. The Morgan fingerprint density at radius 3 is 2.60 bits per heavy atom. The van der Waals surface area contributed by atoms with Crippen LogP contribution in [0.15, 0.2) is 71.4 Å². The number of carbonyl (C=O) groups is 5. The van der Waals surface area contributed by atoms with Gasteiger partial charge in [-0.05, 0) is 75.8 Å². The molecule has 9 nitrogen and oxygen atoms in total. The molecule has 2 aliphatic carbocycles. The first-order valence-corrected chi connectivity index (χ1v) is 17.5. The molecule has 48 heavy (non-hydrogen) atoms. The second-order valence-electron chi connectivity index (χ2n) is 14.0. The Morgan fingerprint density at radius 1 is 1.00 bits per heavy atom. The van der Waals surface area contributed by atoms with E-state index in [0.29, 0.717) is 31.4 Å². The fourth-order valence-corrected chi connectivity index (χ4v) is 9.09. The Hall–Kier alpha value is -4.11. The van der Waals surface area contributed by atoms with Gasteiger partial charge in [-0.2, -0.15) is 0 Å². The fraction of sp³-hybridized carbons (Fsp3) is 0.513. The zero-order chi connectivity index (χ0) is 33.6. The highest BCUT2D eigenvalue weighted by Gasteiger charge is 2.75. The number of hydrogen-bond donors (Lipinski definition) is 0. The van der Waals surface area contributed by atoms with Crippen molar-refractivity contribution in [2.45, 2.75) is 96.4 Å². The second kappa shape index (κ2) is 12.7. The van der Waals surface area contributed by atoms with Crippen molar-refractivity contribution in [2.24, 2.45) is 23.2 Å². The predicted molar refractivity (Wildman–Crippen MR) is 176 cm³/mol. The minimum absolute atomic E-state index is 0.0981. The fourth-order valence-electron chi connectivity index (χ4n) is 9.09. The molecule has 4 heterocycles. The molecular formula is C39H43NO8. The van der Waals surface area contributed by atoms with Crippen LogP contribution in [0.1, 0.15) is 83.6 Å². The molecule has 9 heteroatoms. The van der Waals surface area contributed by atoms with E-state index < -0.39 is 41.1 Å². The van der Waals surface area contributed by atoms with Crippen LogP contribution in [0.5, 0.6) is 0 Å². The number of carbonyl (C=O) groups excluding carboxylic acids is 5. The number of benzene rings is 1. The SMILES string of the molecule is C/C=C/CCCCC[C@@H]1C=C2[C@@]3(CC(=O)N4CCc5ccccc54)CC4=C(C(=O)OC4=O)[C@@H]4[C@H]1C[C@H](C(=O)CC/C=C/C)O[C@]24OC3=O. The topological polar surface area (TPSA) is 116 Å². The molecule has 2 saturated heterocycles. The molecule has 7 rings (SSSR count). The van der Waals surface area contributed by atoms with Gasteiger partial charge in [0, 0.05) is 37.1 Å². The first-order valence-electron chi connectivity index (χ1n) is 17.5. The normalized spacial score (nSPS) is 31.6. The van der Waals surface area contributed by atoms with E-state index in [0.717, 1.165) is 43.4 Å². The van der Waals surface area contributed by atoms with Gasteiger partial charge in [0.1, 0.15) is 11.5 Å². The number of Topliss-reactive ketones (excluding diaryl/α,β-unsaturated/α-hetero) is 1. The van der Waals surface area contributed by atoms with Crippen LogP contribution >= 0.6 is 0 Å². The van der Waals surface area contributed by atoms with Crippen molar-refractivity contribution in [3.63, 3.8) is 0 Å². The number of allylic oxidation sites excluding steroid dienone is 5. The minimum Gasteiger partial charge on any atom is -0.427 e. The molecule has 0 unspecified atom stereocenters. The summed E-state index contributed by atoms with van der Waals surface area (Å²) < 4.78 is 18.2. The van der Waals surface area contributed by atoms with Gasteiger partial charge >= 0.3 is 17.9 Å². The third-order valence-corrected chi connectivity index (χ3v) is 11.3. The van der Waals surface area contributed by atoms with Crippen molar-refractivity contribution in [1.29, 1.82) is 0 Å². The smallest absolute Gasteiger partial charge is 0.343 e. The number of anilines is 1. The van der Waals surface area contributed by atoms with E-state index in [4.69, 9.17) is 14.2 Å². The van der Waals surface area contributed by atoms with E-state index in [-0.39, 0.29) is 53.9 Å². The van der Waals surface area contributed by atoms with Gasteiger partial charge in [-0.15, -0.1) is 0 Å². The predicted octanol–water partition coefficient (Wildman–Crippen LogP) is 6.02. The number of fused-ring (bicyclic) bond motifs is 1. The van der Waals surface area contributed by atoms with Gasteiger partial charge in [-0.1, -0.05) is 61.4 Å². The maximum absolute atomic E-state index is 14.4. The minimum atomic E-state index is -1.77. The van der Waals surface area contributed by atoms with E-state index >= 15 is 0 Å². The summed E-state index contributed by atoms with van der Waals surface area (Å²) in [6.07, 6.45) is 15.3. The van der Waals surface area contributed by atoms with Crippen LogP contribution < -0.4 is 4.90 Å². The van der Waals surface area contributed by atoms with E-state index in [1.165, 1.54) is 0 Å². The third kappa shape index (κ3) is 5.13. The van der Waals surface area contributed by atoms with Crippen molar-refractivity contribution >= 4 is 35.3 Å². The summed E-state index contributed by atoms with van der Waals surface area (Å²) in [6, 6.07) is 7.70. The van der Waals surface area contributed by atoms with Crippen molar-refractivity contribution < 1.29 is 38.2 Å². The third-order valence-electron chi connectivity index (χ3n) is 11.3. The molecule has 1 amide bonds. The summed E-state index contributed by atoms with van der Waals surface area (Å²) in [6.45, 7) is 4.38. The van der Waals surface area contributed by atoms with Crippen molar-refractivity contribution in [3.05, 3.63) is 76.9 Å². The Labute approximate surface area is 281 Å². The summed E-state index contributed by atoms with van der Waals surface area (Å²) in [5.41, 5.74) is 1.06. The molecule has 6 atom stereocenters. The highest BCUT2D eigenvalue weighted by Crippen LogP contribution is 2.67. The van der Waals surface area contributed by atoms with E-state index in [1.807, 2.05) is 56.3 Å². The monoisotopic (exact) mass is 653 g/mol. The van der Waals surface area contributed by atoms with Gasteiger partial charge in [0.15, 0.2) is 5.78 Å². The number of ketones is 1. The van der Waals surface area contributed by atoms with E-state index in [1.54, 1.807) is 4.90 Å². The molecular weight excluding hydrogens is 610 g/mol. The Morgan fingerprint density at radius 2 is 1.79 bits per heavy atom. The number of nitrogens with zero attached hydrogens (tertiary/aromatic N) is 1. The molecule has 1 spiro atoms.